The fourth-order valence-corrected chi connectivity index (χ4v) is 5.42. The molecule has 0 saturated carbocycles. The fraction of sp³-hybridized carbons (Fsp3) is 0.226. The third kappa shape index (κ3) is 7.58. The van der Waals surface area contributed by atoms with Gasteiger partial charge in [0.25, 0.3) is 0 Å². The van der Waals surface area contributed by atoms with E-state index in [1.54, 1.807) is 0 Å². The van der Waals surface area contributed by atoms with Crippen LogP contribution in [0, 0.1) is 19.8 Å². The van der Waals surface area contributed by atoms with Gasteiger partial charge in [0.1, 0.15) is 12.1 Å². The first-order valence-electron chi connectivity index (χ1n) is 13.5. The van der Waals surface area contributed by atoms with Crippen LogP contribution in [0.25, 0.3) is 22.8 Å². The van der Waals surface area contributed by atoms with E-state index in [1.165, 1.54) is 46.6 Å². The number of aromatic nitrogens is 4. The van der Waals surface area contributed by atoms with Crippen molar-refractivity contribution >= 4 is 17.4 Å². The van der Waals surface area contributed by atoms with Gasteiger partial charge in [-0.3, -0.25) is 4.57 Å². The number of ether oxygens (including phenoxy) is 1. The van der Waals surface area contributed by atoms with Gasteiger partial charge >= 0.3 is 12.4 Å². The lowest BCUT2D eigenvalue weighted by Crippen LogP contribution is -2.29. The molecule has 0 aliphatic heterocycles. The van der Waals surface area contributed by atoms with Crippen LogP contribution in [0.3, 0.4) is 0 Å². The van der Waals surface area contributed by atoms with Gasteiger partial charge in [0.15, 0.2) is 10.6 Å². The van der Waals surface area contributed by atoms with Gasteiger partial charge in [-0.25, -0.2) is 14.5 Å². The maximum absolute atomic E-state index is 12.7. The summed E-state index contributed by atoms with van der Waals surface area (Å²) in [7, 11) is 0. The molecule has 1 N–H and O–H groups in total. The monoisotopic (exact) mass is 606 g/mol. The van der Waals surface area contributed by atoms with Crippen LogP contribution in [0.15, 0.2) is 89.5 Å². The maximum atomic E-state index is 12.7. The average Bonchev–Trinajstić information content (AvgIpc) is 3.59. The summed E-state index contributed by atoms with van der Waals surface area (Å²) in [5, 5.41) is 9.35. The first kappa shape index (κ1) is 29.8. The molecule has 8 nitrogen and oxygen atoms in total. The van der Waals surface area contributed by atoms with Crippen molar-refractivity contribution < 1.29 is 22.7 Å². The van der Waals surface area contributed by atoms with Gasteiger partial charge < -0.3 is 10.1 Å². The molecule has 0 saturated heterocycles. The van der Waals surface area contributed by atoms with E-state index in [1.807, 2.05) is 72.3 Å². The summed E-state index contributed by atoms with van der Waals surface area (Å²) in [6.07, 6.45) is -2.50. The molecule has 43 heavy (non-hydrogen) atoms. The first-order chi connectivity index (χ1) is 20.6. The zero-order valence-electron chi connectivity index (χ0n) is 23.7. The number of urea groups is 1. The molecule has 0 radical (unpaired) electrons. The number of halogens is 3. The Balaban J connectivity index is 1.17. The van der Waals surface area contributed by atoms with Gasteiger partial charge in [-0.2, -0.15) is 4.99 Å². The van der Waals surface area contributed by atoms with Crippen molar-refractivity contribution in [1.82, 2.24) is 24.6 Å². The summed E-state index contributed by atoms with van der Waals surface area (Å²) in [6, 6.07) is 20.8. The van der Waals surface area contributed by atoms with E-state index in [2.05, 4.69) is 32.1 Å². The number of thiazole rings is 1. The van der Waals surface area contributed by atoms with Crippen molar-refractivity contribution in [2.24, 2.45) is 10.9 Å². The quantitative estimate of drug-likeness (QED) is 0.211. The molecule has 222 valence electrons. The van der Waals surface area contributed by atoms with Gasteiger partial charge in [-0.15, -0.1) is 29.6 Å². The molecule has 0 fully saturated rings. The van der Waals surface area contributed by atoms with Crippen LogP contribution in [0.2, 0.25) is 0 Å². The number of nitrogens with zero attached hydrogens (tertiary/aromatic N) is 5. The highest BCUT2D eigenvalue weighted by molar-refractivity contribution is 7.07. The van der Waals surface area contributed by atoms with Crippen LogP contribution >= 0.6 is 11.3 Å². The molecule has 2 amide bonds. The van der Waals surface area contributed by atoms with Crippen molar-refractivity contribution in [3.8, 4) is 28.5 Å². The molecule has 1 unspecified atom stereocenters. The summed E-state index contributed by atoms with van der Waals surface area (Å²) in [5.41, 5.74) is 5.55. The number of aryl methyl sites for hydroxylation is 2. The lowest BCUT2D eigenvalue weighted by molar-refractivity contribution is -0.274. The second kappa shape index (κ2) is 12.7. The molecule has 0 bridgehead atoms. The van der Waals surface area contributed by atoms with E-state index in [-0.39, 0.29) is 17.7 Å². The summed E-state index contributed by atoms with van der Waals surface area (Å²) in [6.45, 7) is 6.56. The molecule has 5 rings (SSSR count). The van der Waals surface area contributed by atoms with Crippen LogP contribution in [0.5, 0.6) is 5.75 Å². The van der Waals surface area contributed by atoms with Gasteiger partial charge in [0.05, 0.1) is 11.4 Å². The fourth-order valence-electron chi connectivity index (χ4n) is 4.55. The Kier molecular flexibility index (Phi) is 8.76. The molecular weight excluding hydrogens is 577 g/mol. The summed E-state index contributed by atoms with van der Waals surface area (Å²) >= 11 is 1.43. The Bertz CT molecular complexity index is 1770. The minimum atomic E-state index is -4.75. The average molecular weight is 607 g/mol. The number of carbonyl (C=O) groups excluding carboxylic acids is 1. The second-order valence-electron chi connectivity index (χ2n) is 10.1. The lowest BCUT2D eigenvalue weighted by Gasteiger charge is -2.12. The van der Waals surface area contributed by atoms with Crippen LogP contribution in [-0.2, 0) is 6.42 Å². The van der Waals surface area contributed by atoms with Gasteiger partial charge in [-0.1, -0.05) is 49.4 Å². The molecule has 5 aromatic rings. The van der Waals surface area contributed by atoms with Gasteiger partial charge in [-0.05, 0) is 67.6 Å². The van der Waals surface area contributed by atoms with E-state index in [4.69, 9.17) is 0 Å². The molecule has 0 aliphatic carbocycles. The van der Waals surface area contributed by atoms with Crippen molar-refractivity contribution in [1.29, 1.82) is 0 Å². The molecule has 12 heteroatoms. The molecule has 1 atom stereocenters. The minimum Gasteiger partial charge on any atom is -0.406 e. The SMILES string of the molecule is Cc1ccccc1-n1c(C)cs/c1=N\C(=O)NCC(C)Cc1ccc(-c2ncn(-c3ccc(OC(F)(F)F)cc3)n2)cc1. The Morgan fingerprint density at radius 3 is 2.47 bits per heavy atom. The summed E-state index contributed by atoms with van der Waals surface area (Å²) < 4.78 is 44.6. The van der Waals surface area contributed by atoms with Crippen LogP contribution in [0.1, 0.15) is 23.7 Å². The number of carbonyl (C=O) groups is 1. The predicted octanol–water partition coefficient (Wildman–Crippen LogP) is 6.79. The lowest BCUT2D eigenvalue weighted by atomic mass is 10.00. The van der Waals surface area contributed by atoms with E-state index < -0.39 is 6.36 Å². The van der Waals surface area contributed by atoms with Crippen molar-refractivity contribution in [3.63, 3.8) is 0 Å². The Labute approximate surface area is 250 Å². The second-order valence-corrected chi connectivity index (χ2v) is 11.0. The third-order valence-electron chi connectivity index (χ3n) is 6.66. The molecule has 3 aromatic carbocycles. The Morgan fingerprint density at radius 1 is 1.05 bits per heavy atom. The number of hydrogen-bond donors (Lipinski definition) is 1. The predicted molar refractivity (Wildman–Crippen MR) is 158 cm³/mol. The van der Waals surface area contributed by atoms with E-state index in [0.29, 0.717) is 22.9 Å². The van der Waals surface area contributed by atoms with Crippen LogP contribution in [0.4, 0.5) is 18.0 Å². The Hall–Kier alpha value is -4.71. The number of amides is 2. The number of nitrogens with one attached hydrogen (secondary N) is 1. The molecule has 0 spiro atoms. The topological polar surface area (TPSA) is 86.3 Å². The summed E-state index contributed by atoms with van der Waals surface area (Å²) in [5.74, 6) is 0.343. The first-order valence-corrected chi connectivity index (χ1v) is 14.4. The highest BCUT2D eigenvalue weighted by atomic mass is 32.1. The highest BCUT2D eigenvalue weighted by Crippen LogP contribution is 2.24. The number of hydrogen-bond acceptors (Lipinski definition) is 5. The van der Waals surface area contributed by atoms with Gasteiger partial charge in [0.2, 0.25) is 0 Å². The van der Waals surface area contributed by atoms with E-state index in [0.717, 1.165) is 34.5 Å². The normalized spacial score (nSPS) is 12.7. The standard InChI is InChI=1S/C31H29F3N6O2S/c1-20(17-35-29(41)37-30-40(22(3)18-43-30)27-7-5-4-6-21(27)2)16-23-8-10-24(11-9-23)28-36-19-39(38-28)25-12-14-26(15-13-25)42-31(32,33)34/h4-15,18-20H,16-17H2,1-3H3,(H,35,41)/b37-30-. The molecule has 2 aromatic heterocycles. The minimum absolute atomic E-state index is 0.167. The largest absolute Gasteiger partial charge is 0.573 e. The number of alkyl halides is 3. The molecule has 0 aliphatic rings. The maximum Gasteiger partial charge on any atom is 0.573 e. The van der Waals surface area contributed by atoms with Crippen LogP contribution in [-0.4, -0.2) is 38.3 Å². The zero-order valence-corrected chi connectivity index (χ0v) is 24.5. The van der Waals surface area contributed by atoms with E-state index >= 15 is 0 Å². The number of para-hydroxylation sites is 1. The third-order valence-corrected chi connectivity index (χ3v) is 7.60. The smallest absolute Gasteiger partial charge is 0.406 e. The van der Waals surface area contributed by atoms with Crippen molar-refractivity contribution in [3.05, 3.63) is 106 Å². The van der Waals surface area contributed by atoms with Crippen molar-refractivity contribution in [2.75, 3.05) is 6.54 Å². The van der Waals surface area contributed by atoms with E-state index in [9.17, 15) is 18.0 Å². The summed E-state index contributed by atoms with van der Waals surface area (Å²) in [4.78, 5) is 22.0. The highest BCUT2D eigenvalue weighted by Gasteiger charge is 2.31. The zero-order chi connectivity index (χ0) is 30.6. The van der Waals surface area contributed by atoms with Gasteiger partial charge in [0, 0.05) is 23.2 Å². The number of benzene rings is 3. The number of rotatable bonds is 8. The Morgan fingerprint density at radius 2 is 1.77 bits per heavy atom. The van der Waals surface area contributed by atoms with Crippen LogP contribution < -0.4 is 14.9 Å². The molecular formula is C31H29F3N6O2S. The molecule has 2 heterocycles. The van der Waals surface area contributed by atoms with Crippen molar-refractivity contribution in [2.45, 2.75) is 33.6 Å².